The first-order valence-electron chi connectivity index (χ1n) is 9.21. The number of benzene rings is 2. The van der Waals surface area contributed by atoms with E-state index >= 15 is 0 Å². The molecule has 0 unspecified atom stereocenters. The van der Waals surface area contributed by atoms with Crippen LogP contribution in [-0.4, -0.2) is 24.1 Å². The molecule has 0 fully saturated rings. The number of rotatable bonds is 8. The van der Waals surface area contributed by atoms with Crippen LogP contribution in [0.3, 0.4) is 0 Å². The molecule has 0 aliphatic rings. The van der Waals surface area contributed by atoms with Gasteiger partial charge in [0.05, 0.1) is 12.6 Å². The Morgan fingerprint density at radius 1 is 1.19 bits per heavy atom. The Balaban J connectivity index is 1.45. The third-order valence-electron chi connectivity index (χ3n) is 4.69. The van der Waals surface area contributed by atoms with Crippen molar-refractivity contribution in [3.63, 3.8) is 0 Å². The molecule has 0 aliphatic heterocycles. The number of ether oxygens (including phenoxy) is 1. The molecule has 142 valence electrons. The SMILES string of the molecule is COc1ccc(C)cc1CCNC(=O)CCCn1ccc2ccc(F)cc21. The van der Waals surface area contributed by atoms with Crippen molar-refractivity contribution < 1.29 is 13.9 Å². The number of aromatic nitrogens is 1. The van der Waals surface area contributed by atoms with E-state index in [2.05, 4.69) is 11.4 Å². The lowest BCUT2D eigenvalue weighted by molar-refractivity contribution is -0.121. The number of hydrogen-bond donors (Lipinski definition) is 1. The largest absolute Gasteiger partial charge is 0.496 e. The van der Waals surface area contributed by atoms with E-state index in [1.165, 1.54) is 17.7 Å². The summed E-state index contributed by atoms with van der Waals surface area (Å²) in [5.41, 5.74) is 3.13. The first-order valence-corrected chi connectivity index (χ1v) is 9.21. The first kappa shape index (κ1) is 19.0. The molecule has 1 aromatic heterocycles. The molecule has 4 nitrogen and oxygen atoms in total. The zero-order valence-corrected chi connectivity index (χ0v) is 15.8. The number of carbonyl (C=O) groups excluding carboxylic acids is 1. The van der Waals surface area contributed by atoms with Gasteiger partial charge in [-0.25, -0.2) is 4.39 Å². The fraction of sp³-hybridized carbons (Fsp3) is 0.318. The van der Waals surface area contributed by atoms with Gasteiger partial charge in [0.25, 0.3) is 0 Å². The number of nitrogens with zero attached hydrogens (tertiary/aromatic N) is 1. The molecule has 0 aliphatic carbocycles. The zero-order valence-electron chi connectivity index (χ0n) is 15.8. The molecule has 5 heteroatoms. The molecule has 1 heterocycles. The van der Waals surface area contributed by atoms with Gasteiger partial charge in [-0.2, -0.15) is 0 Å². The minimum Gasteiger partial charge on any atom is -0.496 e. The summed E-state index contributed by atoms with van der Waals surface area (Å²) in [7, 11) is 1.66. The molecule has 0 bridgehead atoms. The summed E-state index contributed by atoms with van der Waals surface area (Å²) in [6, 6.07) is 12.8. The lowest BCUT2D eigenvalue weighted by Gasteiger charge is -2.10. The first-order chi connectivity index (χ1) is 13.1. The number of nitrogens with one attached hydrogen (secondary N) is 1. The van der Waals surface area contributed by atoms with Gasteiger partial charge in [-0.05, 0) is 61.0 Å². The molecule has 2 aromatic carbocycles. The molecule has 3 rings (SSSR count). The maximum atomic E-state index is 13.4. The highest BCUT2D eigenvalue weighted by atomic mass is 19.1. The number of hydrogen-bond acceptors (Lipinski definition) is 2. The van der Waals surface area contributed by atoms with Crippen molar-refractivity contribution in [1.29, 1.82) is 0 Å². The minimum absolute atomic E-state index is 0.0317. The van der Waals surface area contributed by atoms with Gasteiger partial charge in [0, 0.05) is 25.7 Å². The zero-order chi connectivity index (χ0) is 19.2. The Labute approximate surface area is 158 Å². The Kier molecular flexibility index (Phi) is 6.12. The third kappa shape index (κ3) is 4.88. The van der Waals surface area contributed by atoms with Gasteiger partial charge in [-0.1, -0.05) is 17.7 Å². The van der Waals surface area contributed by atoms with Crippen LogP contribution in [0.5, 0.6) is 5.75 Å². The van der Waals surface area contributed by atoms with Crippen LogP contribution in [0, 0.1) is 12.7 Å². The van der Waals surface area contributed by atoms with E-state index in [0.29, 0.717) is 25.9 Å². The lowest BCUT2D eigenvalue weighted by atomic mass is 10.1. The monoisotopic (exact) mass is 368 g/mol. The molecule has 0 radical (unpaired) electrons. The Bertz CT molecular complexity index is 933. The molecule has 27 heavy (non-hydrogen) atoms. The van der Waals surface area contributed by atoms with Crippen molar-refractivity contribution in [3.8, 4) is 5.75 Å². The lowest BCUT2D eigenvalue weighted by Crippen LogP contribution is -2.25. The summed E-state index contributed by atoms with van der Waals surface area (Å²) in [5.74, 6) is 0.637. The quantitative estimate of drug-likeness (QED) is 0.646. The summed E-state index contributed by atoms with van der Waals surface area (Å²) in [6.07, 6.45) is 3.82. The predicted molar refractivity (Wildman–Crippen MR) is 106 cm³/mol. The molecule has 1 amide bonds. The second-order valence-electron chi connectivity index (χ2n) is 6.73. The maximum absolute atomic E-state index is 13.4. The van der Waals surface area contributed by atoms with E-state index in [1.54, 1.807) is 13.2 Å². The topological polar surface area (TPSA) is 43.3 Å². The van der Waals surface area contributed by atoms with Gasteiger partial charge in [0.15, 0.2) is 0 Å². The predicted octanol–water partition coefficient (Wildman–Crippen LogP) is 4.24. The van der Waals surface area contributed by atoms with Crippen molar-refractivity contribution >= 4 is 16.8 Å². The highest BCUT2D eigenvalue weighted by Gasteiger charge is 2.07. The fourth-order valence-electron chi connectivity index (χ4n) is 3.29. The van der Waals surface area contributed by atoms with Crippen LogP contribution in [0.2, 0.25) is 0 Å². The van der Waals surface area contributed by atoms with E-state index in [0.717, 1.165) is 28.6 Å². The smallest absolute Gasteiger partial charge is 0.220 e. The van der Waals surface area contributed by atoms with Crippen molar-refractivity contribution in [3.05, 3.63) is 65.6 Å². The number of fused-ring (bicyclic) bond motifs is 1. The van der Waals surface area contributed by atoms with Crippen LogP contribution >= 0.6 is 0 Å². The number of aryl methyl sites for hydroxylation is 2. The number of carbonyl (C=O) groups is 1. The van der Waals surface area contributed by atoms with Crippen molar-refractivity contribution in [2.45, 2.75) is 32.7 Å². The van der Waals surface area contributed by atoms with E-state index < -0.39 is 0 Å². The van der Waals surface area contributed by atoms with E-state index in [9.17, 15) is 9.18 Å². The summed E-state index contributed by atoms with van der Waals surface area (Å²) < 4.78 is 20.8. The normalized spacial score (nSPS) is 10.9. The molecule has 1 N–H and O–H groups in total. The van der Waals surface area contributed by atoms with Crippen molar-refractivity contribution in [2.75, 3.05) is 13.7 Å². The van der Waals surface area contributed by atoms with E-state index in [4.69, 9.17) is 4.74 Å². The summed E-state index contributed by atoms with van der Waals surface area (Å²) in [6.45, 7) is 3.31. The molecule has 0 saturated heterocycles. The van der Waals surface area contributed by atoms with Crippen molar-refractivity contribution in [1.82, 2.24) is 9.88 Å². The average Bonchev–Trinajstić information content (AvgIpc) is 3.04. The van der Waals surface area contributed by atoms with Gasteiger partial charge in [0.1, 0.15) is 11.6 Å². The van der Waals surface area contributed by atoms with E-state index in [-0.39, 0.29) is 11.7 Å². The molecule has 0 spiro atoms. The standard InChI is InChI=1S/C22H25FN2O2/c1-16-5-8-21(27-2)18(14-16)9-11-24-22(26)4-3-12-25-13-10-17-6-7-19(23)15-20(17)25/h5-8,10,13-15H,3-4,9,11-12H2,1-2H3,(H,24,26). The summed E-state index contributed by atoms with van der Waals surface area (Å²) >= 11 is 0. The van der Waals surface area contributed by atoms with Gasteiger partial charge in [-0.3, -0.25) is 4.79 Å². The Morgan fingerprint density at radius 3 is 2.85 bits per heavy atom. The van der Waals surface area contributed by atoms with Crippen LogP contribution in [0.1, 0.15) is 24.0 Å². The molecular formula is C22H25FN2O2. The van der Waals surface area contributed by atoms with Crippen LogP contribution in [-0.2, 0) is 17.8 Å². The van der Waals surface area contributed by atoms with Gasteiger partial charge >= 0.3 is 0 Å². The average molecular weight is 368 g/mol. The number of methoxy groups -OCH3 is 1. The number of halogens is 1. The van der Waals surface area contributed by atoms with Crippen LogP contribution in [0.15, 0.2) is 48.7 Å². The van der Waals surface area contributed by atoms with Gasteiger partial charge in [0.2, 0.25) is 5.91 Å². The maximum Gasteiger partial charge on any atom is 0.220 e. The second-order valence-corrected chi connectivity index (χ2v) is 6.73. The summed E-state index contributed by atoms with van der Waals surface area (Å²) in [5, 5.41) is 3.97. The van der Waals surface area contributed by atoms with E-state index in [1.807, 2.05) is 35.9 Å². The molecule has 0 saturated carbocycles. The van der Waals surface area contributed by atoms with Crippen LogP contribution in [0.4, 0.5) is 4.39 Å². The molecular weight excluding hydrogens is 343 g/mol. The van der Waals surface area contributed by atoms with Crippen molar-refractivity contribution in [2.24, 2.45) is 0 Å². The molecule has 0 atom stereocenters. The Morgan fingerprint density at radius 2 is 2.04 bits per heavy atom. The minimum atomic E-state index is -0.244. The fourth-order valence-corrected chi connectivity index (χ4v) is 3.29. The number of amides is 1. The van der Waals surface area contributed by atoms with Gasteiger partial charge < -0.3 is 14.6 Å². The second kappa shape index (κ2) is 8.71. The van der Waals surface area contributed by atoms with Crippen LogP contribution in [0.25, 0.3) is 10.9 Å². The van der Waals surface area contributed by atoms with Gasteiger partial charge in [-0.15, -0.1) is 0 Å². The van der Waals surface area contributed by atoms with Crippen LogP contribution < -0.4 is 10.1 Å². The third-order valence-corrected chi connectivity index (χ3v) is 4.69. The Hall–Kier alpha value is -2.82. The highest BCUT2D eigenvalue weighted by molar-refractivity contribution is 5.80. The highest BCUT2D eigenvalue weighted by Crippen LogP contribution is 2.20. The molecule has 3 aromatic rings. The summed E-state index contributed by atoms with van der Waals surface area (Å²) in [4.78, 5) is 12.1.